The Morgan fingerprint density at radius 3 is 2.54 bits per heavy atom. The maximum atomic E-state index is 5.56. The van der Waals surface area contributed by atoms with E-state index in [4.69, 9.17) is 11.5 Å². The van der Waals surface area contributed by atoms with Gasteiger partial charge in [-0.2, -0.15) is 0 Å². The van der Waals surface area contributed by atoms with Gasteiger partial charge in [0.1, 0.15) is 0 Å². The third kappa shape index (κ3) is 1.16. The molecule has 0 spiro atoms. The zero-order valence-electron chi connectivity index (χ0n) is 7.28. The number of nitrogen functional groups attached to an aromatic ring is 2. The van der Waals surface area contributed by atoms with Crippen molar-refractivity contribution in [1.29, 1.82) is 0 Å². The fraction of sp³-hybridized carbons (Fsp3) is 0.111. The zero-order chi connectivity index (χ0) is 9.42. The lowest BCUT2D eigenvalue weighted by Crippen LogP contribution is -2.01. The topological polar surface area (TPSA) is 77.8 Å². The molecule has 13 heavy (non-hydrogen) atoms. The van der Waals surface area contributed by atoms with Crippen molar-refractivity contribution >= 4 is 22.7 Å². The molecule has 0 saturated heterocycles. The predicted molar refractivity (Wildman–Crippen MR) is 53.1 cm³/mol. The number of para-hydroxylation sites is 1. The first-order valence-electron chi connectivity index (χ1n) is 3.97. The number of aryl methyl sites for hydroxylation is 1. The number of aromatic nitrogens is 2. The van der Waals surface area contributed by atoms with Crippen molar-refractivity contribution in [2.75, 3.05) is 11.5 Å². The van der Waals surface area contributed by atoms with Gasteiger partial charge in [0.05, 0.1) is 11.0 Å². The molecule has 0 unspecified atom stereocenters. The number of rotatable bonds is 0. The standard InChI is InChI=1S/C9H10N4/c1-5-3-2-4-6-7(5)13-9(11)8(10)12-6/h2-4H,1H3,(H2,10,12)(H2,11,13). The molecule has 0 aliphatic carbocycles. The van der Waals surface area contributed by atoms with Crippen molar-refractivity contribution in [2.24, 2.45) is 0 Å². The molecule has 0 radical (unpaired) electrons. The van der Waals surface area contributed by atoms with Crippen molar-refractivity contribution in [3.63, 3.8) is 0 Å². The van der Waals surface area contributed by atoms with Crippen LogP contribution in [-0.2, 0) is 0 Å². The van der Waals surface area contributed by atoms with Crippen LogP contribution in [0.3, 0.4) is 0 Å². The summed E-state index contributed by atoms with van der Waals surface area (Å²) in [5.74, 6) is 0.583. The van der Waals surface area contributed by atoms with E-state index >= 15 is 0 Å². The average molecular weight is 174 g/mol. The van der Waals surface area contributed by atoms with E-state index in [9.17, 15) is 0 Å². The quantitative estimate of drug-likeness (QED) is 0.627. The molecule has 4 heteroatoms. The van der Waals surface area contributed by atoms with Crippen LogP contribution in [0.25, 0.3) is 11.0 Å². The van der Waals surface area contributed by atoms with Crippen LogP contribution in [0.15, 0.2) is 18.2 Å². The summed E-state index contributed by atoms with van der Waals surface area (Å²) in [7, 11) is 0. The van der Waals surface area contributed by atoms with E-state index < -0.39 is 0 Å². The van der Waals surface area contributed by atoms with Crippen LogP contribution in [-0.4, -0.2) is 9.97 Å². The Kier molecular flexibility index (Phi) is 1.55. The average Bonchev–Trinajstić information content (AvgIpc) is 2.09. The van der Waals surface area contributed by atoms with Crippen molar-refractivity contribution < 1.29 is 0 Å². The molecular weight excluding hydrogens is 164 g/mol. The van der Waals surface area contributed by atoms with Gasteiger partial charge in [-0.1, -0.05) is 12.1 Å². The molecule has 0 aliphatic heterocycles. The molecule has 2 rings (SSSR count). The lowest BCUT2D eigenvalue weighted by molar-refractivity contribution is 1.29. The third-order valence-corrected chi connectivity index (χ3v) is 1.95. The molecule has 1 aromatic carbocycles. The van der Waals surface area contributed by atoms with Gasteiger partial charge in [0.25, 0.3) is 0 Å². The molecule has 2 aromatic rings. The lowest BCUT2D eigenvalue weighted by atomic mass is 10.2. The van der Waals surface area contributed by atoms with Crippen LogP contribution in [0.4, 0.5) is 11.6 Å². The van der Waals surface area contributed by atoms with E-state index in [1.165, 1.54) is 0 Å². The van der Waals surface area contributed by atoms with E-state index in [0.29, 0.717) is 5.82 Å². The van der Waals surface area contributed by atoms with Crippen LogP contribution in [0.2, 0.25) is 0 Å². The van der Waals surface area contributed by atoms with Crippen LogP contribution in [0.5, 0.6) is 0 Å². The van der Waals surface area contributed by atoms with Crippen LogP contribution < -0.4 is 11.5 Å². The molecule has 4 nitrogen and oxygen atoms in total. The normalized spacial score (nSPS) is 10.5. The number of benzene rings is 1. The Hall–Kier alpha value is -1.84. The van der Waals surface area contributed by atoms with Gasteiger partial charge in [-0.15, -0.1) is 0 Å². The highest BCUT2D eigenvalue weighted by molar-refractivity contribution is 5.81. The van der Waals surface area contributed by atoms with Gasteiger partial charge in [0.2, 0.25) is 0 Å². The van der Waals surface area contributed by atoms with Gasteiger partial charge < -0.3 is 11.5 Å². The number of hydrogen-bond acceptors (Lipinski definition) is 4. The summed E-state index contributed by atoms with van der Waals surface area (Å²) in [5, 5.41) is 0. The molecule has 1 heterocycles. The molecule has 0 amide bonds. The van der Waals surface area contributed by atoms with Crippen LogP contribution in [0.1, 0.15) is 5.56 Å². The second-order valence-corrected chi connectivity index (χ2v) is 2.94. The summed E-state index contributed by atoms with van der Waals surface area (Å²) in [6, 6.07) is 5.75. The highest BCUT2D eigenvalue weighted by Crippen LogP contribution is 2.18. The van der Waals surface area contributed by atoms with Gasteiger partial charge in [-0.3, -0.25) is 0 Å². The van der Waals surface area contributed by atoms with Gasteiger partial charge in [0.15, 0.2) is 11.6 Å². The molecule has 0 fully saturated rings. The predicted octanol–water partition coefficient (Wildman–Crippen LogP) is 1.10. The first-order valence-corrected chi connectivity index (χ1v) is 3.97. The van der Waals surface area contributed by atoms with E-state index in [-0.39, 0.29) is 5.82 Å². The van der Waals surface area contributed by atoms with Crippen LogP contribution >= 0.6 is 0 Å². The number of nitrogens with zero attached hydrogens (tertiary/aromatic N) is 2. The zero-order valence-corrected chi connectivity index (χ0v) is 7.28. The summed E-state index contributed by atoms with van der Waals surface area (Å²) in [4.78, 5) is 8.29. The molecule has 0 atom stereocenters. The van der Waals surface area contributed by atoms with Crippen molar-refractivity contribution in [3.8, 4) is 0 Å². The lowest BCUT2D eigenvalue weighted by Gasteiger charge is -2.03. The molecule has 0 aliphatic rings. The first-order chi connectivity index (χ1) is 6.18. The fourth-order valence-corrected chi connectivity index (χ4v) is 1.24. The van der Waals surface area contributed by atoms with Crippen molar-refractivity contribution in [2.45, 2.75) is 6.92 Å². The van der Waals surface area contributed by atoms with Gasteiger partial charge >= 0.3 is 0 Å². The first kappa shape index (κ1) is 7.79. The van der Waals surface area contributed by atoms with Gasteiger partial charge in [-0.25, -0.2) is 9.97 Å². The van der Waals surface area contributed by atoms with Gasteiger partial charge in [-0.05, 0) is 18.6 Å². The minimum absolute atomic E-state index is 0.290. The van der Waals surface area contributed by atoms with Crippen LogP contribution in [0, 0.1) is 6.92 Å². The minimum Gasteiger partial charge on any atom is -0.381 e. The number of fused-ring (bicyclic) bond motifs is 1. The monoisotopic (exact) mass is 174 g/mol. The Morgan fingerprint density at radius 2 is 1.77 bits per heavy atom. The van der Waals surface area contributed by atoms with Crippen molar-refractivity contribution in [3.05, 3.63) is 23.8 Å². The highest BCUT2D eigenvalue weighted by atomic mass is 15.0. The number of hydrogen-bond donors (Lipinski definition) is 2. The van der Waals surface area contributed by atoms with E-state index in [1.807, 2.05) is 25.1 Å². The summed E-state index contributed by atoms with van der Waals surface area (Å²) < 4.78 is 0. The summed E-state index contributed by atoms with van der Waals surface area (Å²) in [6.45, 7) is 1.96. The maximum absolute atomic E-state index is 5.56. The smallest absolute Gasteiger partial charge is 0.166 e. The molecule has 0 saturated carbocycles. The third-order valence-electron chi connectivity index (χ3n) is 1.95. The number of nitrogens with two attached hydrogens (primary N) is 2. The largest absolute Gasteiger partial charge is 0.381 e. The molecular formula is C9H10N4. The second kappa shape index (κ2) is 2.58. The van der Waals surface area contributed by atoms with E-state index in [1.54, 1.807) is 0 Å². The molecule has 4 N–H and O–H groups in total. The Balaban J connectivity index is 2.89. The maximum Gasteiger partial charge on any atom is 0.166 e. The highest BCUT2D eigenvalue weighted by Gasteiger charge is 2.03. The fourth-order valence-electron chi connectivity index (χ4n) is 1.24. The van der Waals surface area contributed by atoms with Crippen molar-refractivity contribution in [1.82, 2.24) is 9.97 Å². The molecule has 0 bridgehead atoms. The Morgan fingerprint density at radius 1 is 1.08 bits per heavy atom. The number of anilines is 2. The summed E-state index contributed by atoms with van der Waals surface area (Å²) in [6.07, 6.45) is 0. The minimum atomic E-state index is 0.290. The summed E-state index contributed by atoms with van der Waals surface area (Å²) >= 11 is 0. The van der Waals surface area contributed by atoms with Gasteiger partial charge in [0, 0.05) is 0 Å². The Labute approximate surface area is 75.6 Å². The molecule has 1 aromatic heterocycles. The van der Waals surface area contributed by atoms with E-state index in [0.717, 1.165) is 16.6 Å². The second-order valence-electron chi connectivity index (χ2n) is 2.94. The molecule has 66 valence electrons. The Bertz CT molecular complexity index is 464. The van der Waals surface area contributed by atoms with E-state index in [2.05, 4.69) is 9.97 Å². The SMILES string of the molecule is Cc1cccc2nc(N)c(N)nc12. The summed E-state index contributed by atoms with van der Waals surface area (Å²) in [5.41, 5.74) is 13.7.